The average molecular weight is 665 g/mol. The van der Waals surface area contributed by atoms with Crippen LogP contribution in [-0.2, 0) is 28.2 Å². The average Bonchev–Trinajstić information content (AvgIpc) is 2.95. The Labute approximate surface area is 268 Å². The Hall–Kier alpha value is 0.641. The second kappa shape index (κ2) is 23.9. The third kappa shape index (κ3) is 20.6. The zero-order valence-electron chi connectivity index (χ0n) is 29.2. The molecule has 1 unspecified atom stereocenters. The predicted molar refractivity (Wildman–Crippen MR) is 191 cm³/mol. The van der Waals surface area contributed by atoms with Crippen molar-refractivity contribution < 1.29 is 21.6 Å². The first-order chi connectivity index (χ1) is 20.1. The quantitative estimate of drug-likeness (QED) is 0.0615. The summed E-state index contributed by atoms with van der Waals surface area (Å²) in [7, 11) is -0.984. The van der Waals surface area contributed by atoms with Crippen LogP contribution >= 0.6 is 0 Å². The molecule has 1 aliphatic carbocycles. The van der Waals surface area contributed by atoms with E-state index < -0.39 is 36.2 Å². The van der Waals surface area contributed by atoms with Crippen molar-refractivity contribution in [3.05, 3.63) is 0 Å². The lowest BCUT2D eigenvalue weighted by atomic mass is 9.91. The molecule has 1 atom stereocenters. The molecule has 0 aromatic carbocycles. The van der Waals surface area contributed by atoms with Gasteiger partial charge in [-0.1, -0.05) is 103 Å². The van der Waals surface area contributed by atoms with Gasteiger partial charge in [0.15, 0.2) is 16.6 Å². The van der Waals surface area contributed by atoms with E-state index in [4.69, 9.17) is 17.4 Å². The summed E-state index contributed by atoms with van der Waals surface area (Å²) in [5, 5.41) is 0. The van der Waals surface area contributed by atoms with Gasteiger partial charge in [0.1, 0.15) is 0 Å². The highest BCUT2D eigenvalue weighted by Gasteiger charge is 2.36. The van der Waals surface area contributed by atoms with Crippen LogP contribution in [0, 0.1) is 5.92 Å². The summed E-state index contributed by atoms with van der Waals surface area (Å²) in [5.41, 5.74) is 0. The Morgan fingerprint density at radius 3 is 1.36 bits per heavy atom. The predicted octanol–water partition coefficient (Wildman–Crippen LogP) is 10.5. The Kier molecular flexibility index (Phi) is 23.1. The molecule has 42 heavy (non-hydrogen) atoms. The van der Waals surface area contributed by atoms with Crippen molar-refractivity contribution in [3.8, 4) is 0 Å². The highest BCUT2D eigenvalue weighted by Crippen LogP contribution is 2.27. The van der Waals surface area contributed by atoms with Crippen LogP contribution < -0.4 is 0 Å². The Morgan fingerprint density at radius 2 is 0.929 bits per heavy atom. The van der Waals surface area contributed by atoms with Gasteiger partial charge in [-0.3, -0.25) is 4.21 Å². The zero-order chi connectivity index (χ0) is 31.2. The first kappa shape index (κ1) is 40.7. The molecule has 0 N–H and O–H groups in total. The zero-order valence-corrected chi connectivity index (χ0v) is 33.0. The Bertz CT molecular complexity index is 662. The maximum absolute atomic E-state index is 12.3. The first-order valence-electron chi connectivity index (χ1n) is 17.8. The monoisotopic (exact) mass is 664 g/mol. The van der Waals surface area contributed by atoms with Crippen LogP contribution in [0.25, 0.3) is 0 Å². The van der Waals surface area contributed by atoms with Crippen molar-refractivity contribution in [1.82, 2.24) is 0 Å². The van der Waals surface area contributed by atoms with E-state index in [0.29, 0.717) is 0 Å². The highest BCUT2D eigenvalue weighted by molar-refractivity contribution is 7.84. The number of hydrogen-bond acceptors (Lipinski definition) is 5. The van der Waals surface area contributed by atoms with E-state index in [9.17, 15) is 4.21 Å². The highest BCUT2D eigenvalue weighted by atomic mass is 32.2. The van der Waals surface area contributed by atoms with Crippen LogP contribution in [0.5, 0.6) is 0 Å². The molecule has 1 aliphatic rings. The topological polar surface area (TPSA) is 54.0 Å². The molecule has 0 heterocycles. The number of rotatable bonds is 28. The van der Waals surface area contributed by atoms with Gasteiger partial charge >= 0.3 is 8.80 Å². The van der Waals surface area contributed by atoms with Gasteiger partial charge in [-0.15, -0.1) is 0 Å². The fourth-order valence-electron chi connectivity index (χ4n) is 6.76. The van der Waals surface area contributed by atoms with Crippen molar-refractivity contribution in [2.75, 3.05) is 32.8 Å². The molecule has 9 heteroatoms. The van der Waals surface area contributed by atoms with Crippen molar-refractivity contribution in [1.29, 1.82) is 0 Å². The van der Waals surface area contributed by atoms with Gasteiger partial charge in [0.25, 0.3) is 0 Å². The van der Waals surface area contributed by atoms with Gasteiger partial charge in [-0.05, 0) is 69.9 Å². The van der Waals surface area contributed by atoms with E-state index in [-0.39, 0.29) is 0 Å². The van der Waals surface area contributed by atoms with E-state index in [1.54, 1.807) is 21.3 Å². The van der Waals surface area contributed by atoms with Crippen LogP contribution in [0.1, 0.15) is 128 Å². The lowest BCUT2D eigenvalue weighted by Crippen LogP contribution is -2.44. The lowest BCUT2D eigenvalue weighted by Gasteiger charge is -2.34. The van der Waals surface area contributed by atoms with Gasteiger partial charge in [-0.2, -0.15) is 0 Å². The summed E-state index contributed by atoms with van der Waals surface area (Å²) in [4.78, 5) is 0. The summed E-state index contributed by atoms with van der Waals surface area (Å²) in [6.07, 6.45) is 26.3. The van der Waals surface area contributed by atoms with E-state index in [1.807, 2.05) is 0 Å². The minimum Gasteiger partial charge on any atom is -0.455 e. The molecular weight excluding hydrogens is 593 g/mol. The van der Waals surface area contributed by atoms with Gasteiger partial charge in [0, 0.05) is 49.7 Å². The fourth-order valence-corrected chi connectivity index (χ4v) is 19.1. The normalized spacial score (nSPS) is 16.3. The minimum atomic E-state index is -2.39. The standard InChI is InChI=1S/C33H72O5SSi3/c1-35-42(36-2,37-3)31-25-18-14-13-17-24-30-41(6,7)38-40(4,5)29-23-16-12-10-8-9-11-15-22-28-39(34)32-33-26-20-19-21-27-33/h33H,8-32H2,1-7H3. The molecule has 1 fully saturated rings. The van der Waals surface area contributed by atoms with Crippen LogP contribution in [0.2, 0.25) is 44.3 Å². The van der Waals surface area contributed by atoms with Gasteiger partial charge in [-0.25, -0.2) is 0 Å². The van der Waals surface area contributed by atoms with E-state index in [0.717, 1.165) is 29.9 Å². The maximum atomic E-state index is 12.3. The lowest BCUT2D eigenvalue weighted by molar-refractivity contribution is 0.122. The molecule has 0 aromatic rings. The van der Waals surface area contributed by atoms with Crippen molar-refractivity contribution in [2.24, 2.45) is 5.92 Å². The Morgan fingerprint density at radius 1 is 0.548 bits per heavy atom. The largest absolute Gasteiger partial charge is 0.500 e. The summed E-state index contributed by atoms with van der Waals surface area (Å²) < 4.78 is 35.8. The maximum Gasteiger partial charge on any atom is 0.500 e. The molecule has 0 spiro atoms. The summed E-state index contributed by atoms with van der Waals surface area (Å²) in [6.45, 7) is 9.79. The molecule has 5 nitrogen and oxygen atoms in total. The van der Waals surface area contributed by atoms with Gasteiger partial charge in [0.05, 0.1) is 0 Å². The second-order valence-corrected chi connectivity index (χ2v) is 27.9. The molecular formula is C33H72O5SSi3. The van der Waals surface area contributed by atoms with Crippen LogP contribution in [0.15, 0.2) is 0 Å². The van der Waals surface area contributed by atoms with Crippen LogP contribution in [-0.4, -0.2) is 62.5 Å². The van der Waals surface area contributed by atoms with E-state index in [1.165, 1.54) is 134 Å². The third-order valence-corrected chi connectivity index (χ3v) is 21.2. The molecule has 0 aromatic heterocycles. The molecule has 0 amide bonds. The molecule has 0 saturated heterocycles. The van der Waals surface area contributed by atoms with E-state index in [2.05, 4.69) is 26.2 Å². The second-order valence-electron chi connectivity index (χ2n) is 14.3. The summed E-state index contributed by atoms with van der Waals surface area (Å²) >= 11 is 0. The first-order valence-corrected chi connectivity index (χ1v) is 27.4. The summed E-state index contributed by atoms with van der Waals surface area (Å²) in [6, 6.07) is 3.53. The summed E-state index contributed by atoms with van der Waals surface area (Å²) in [5.74, 6) is 2.68. The minimum absolute atomic E-state index is 0.565. The van der Waals surface area contributed by atoms with Gasteiger partial charge < -0.3 is 17.4 Å². The molecule has 1 rings (SSSR count). The van der Waals surface area contributed by atoms with Crippen molar-refractivity contribution in [3.63, 3.8) is 0 Å². The number of hydrogen-bond donors (Lipinski definition) is 0. The van der Waals surface area contributed by atoms with E-state index >= 15 is 0 Å². The van der Waals surface area contributed by atoms with Crippen molar-refractivity contribution >= 4 is 36.2 Å². The molecule has 0 radical (unpaired) electrons. The fraction of sp³-hybridized carbons (Fsp3) is 1.00. The number of unbranched alkanes of at least 4 members (excludes halogenated alkanes) is 13. The smallest absolute Gasteiger partial charge is 0.455 e. The molecule has 0 aliphatic heterocycles. The Balaban J connectivity index is 1.98. The molecule has 252 valence electrons. The SMILES string of the molecule is CO[Si](CCCCCCCC[Si](C)(C)O[Si](C)(C)CCCCCCCCCCCS(=O)CC1CCCCC1)(OC)OC. The van der Waals surface area contributed by atoms with Crippen LogP contribution in [0.3, 0.4) is 0 Å². The molecule has 1 saturated carbocycles. The molecule has 0 bridgehead atoms. The van der Waals surface area contributed by atoms with Gasteiger partial charge in [0.2, 0.25) is 0 Å². The van der Waals surface area contributed by atoms with Crippen molar-refractivity contribution in [2.45, 2.75) is 173 Å². The van der Waals surface area contributed by atoms with Crippen LogP contribution in [0.4, 0.5) is 0 Å². The third-order valence-electron chi connectivity index (χ3n) is 9.29.